The quantitative estimate of drug-likeness (QED) is 0.864. The summed E-state index contributed by atoms with van der Waals surface area (Å²) in [6.45, 7) is 4.36. The van der Waals surface area contributed by atoms with Gasteiger partial charge < -0.3 is 9.73 Å². The number of hydrogen-bond acceptors (Lipinski definition) is 3. The molecule has 3 rings (SSSR count). The molecule has 1 saturated heterocycles. The standard InChI is InChI=1S/C20H25FN2O2/c1-2-19(15-5-7-17(21)8-6-15)23-11-9-16(10-12-23)20(24)22-14-18-4-3-13-25-18/h3-8,13,16,19H,2,9-12,14H2,1H3,(H,22,24). The summed E-state index contributed by atoms with van der Waals surface area (Å²) in [4.78, 5) is 14.7. The molecule has 1 aromatic heterocycles. The highest BCUT2D eigenvalue weighted by atomic mass is 19.1. The first-order valence-corrected chi connectivity index (χ1v) is 8.97. The Hall–Kier alpha value is -2.14. The van der Waals surface area contributed by atoms with Crippen LogP contribution in [0.5, 0.6) is 0 Å². The summed E-state index contributed by atoms with van der Waals surface area (Å²) in [5.41, 5.74) is 1.14. The zero-order valence-electron chi connectivity index (χ0n) is 14.6. The van der Waals surface area contributed by atoms with E-state index in [2.05, 4.69) is 17.1 Å². The summed E-state index contributed by atoms with van der Waals surface area (Å²) in [5.74, 6) is 0.724. The molecule has 1 amide bonds. The molecule has 5 heteroatoms. The first-order chi connectivity index (χ1) is 12.2. The van der Waals surface area contributed by atoms with Gasteiger partial charge in [-0.05, 0) is 62.2 Å². The smallest absolute Gasteiger partial charge is 0.223 e. The van der Waals surface area contributed by atoms with E-state index in [4.69, 9.17) is 4.42 Å². The highest BCUT2D eigenvalue weighted by Crippen LogP contribution is 2.29. The molecule has 0 bridgehead atoms. The maximum Gasteiger partial charge on any atom is 0.223 e. The van der Waals surface area contributed by atoms with Crippen LogP contribution in [-0.4, -0.2) is 23.9 Å². The number of hydrogen-bond donors (Lipinski definition) is 1. The number of likely N-dealkylation sites (tertiary alicyclic amines) is 1. The van der Waals surface area contributed by atoms with Gasteiger partial charge in [0.05, 0.1) is 12.8 Å². The third-order valence-electron chi connectivity index (χ3n) is 5.00. The number of benzene rings is 1. The van der Waals surface area contributed by atoms with Crippen molar-refractivity contribution in [3.05, 3.63) is 59.8 Å². The Morgan fingerprint density at radius 1 is 1.28 bits per heavy atom. The fourth-order valence-electron chi connectivity index (χ4n) is 3.59. The topological polar surface area (TPSA) is 45.5 Å². The van der Waals surface area contributed by atoms with Gasteiger partial charge in [-0.25, -0.2) is 4.39 Å². The first-order valence-electron chi connectivity index (χ1n) is 8.97. The van der Waals surface area contributed by atoms with E-state index in [0.29, 0.717) is 6.54 Å². The van der Waals surface area contributed by atoms with Crippen molar-refractivity contribution in [3.63, 3.8) is 0 Å². The van der Waals surface area contributed by atoms with Crippen LogP contribution in [0.1, 0.15) is 43.6 Å². The summed E-state index contributed by atoms with van der Waals surface area (Å²) in [6.07, 6.45) is 4.28. The molecule has 0 aliphatic carbocycles. The van der Waals surface area contributed by atoms with Crippen molar-refractivity contribution < 1.29 is 13.6 Å². The number of nitrogens with zero attached hydrogens (tertiary/aromatic N) is 1. The first kappa shape index (κ1) is 17.7. The normalized spacial score (nSPS) is 17.4. The lowest BCUT2D eigenvalue weighted by molar-refractivity contribution is -0.126. The Kier molecular flexibility index (Phi) is 5.87. The molecule has 1 aliphatic heterocycles. The zero-order valence-corrected chi connectivity index (χ0v) is 14.6. The fraction of sp³-hybridized carbons (Fsp3) is 0.450. The number of carbonyl (C=O) groups excluding carboxylic acids is 1. The summed E-state index contributed by atoms with van der Waals surface area (Å²) in [5, 5.41) is 2.96. The Morgan fingerprint density at radius 3 is 2.60 bits per heavy atom. The molecular formula is C20H25FN2O2. The van der Waals surface area contributed by atoms with Crippen molar-refractivity contribution in [1.82, 2.24) is 10.2 Å². The maximum atomic E-state index is 13.1. The van der Waals surface area contributed by atoms with Gasteiger partial charge in [0, 0.05) is 12.0 Å². The van der Waals surface area contributed by atoms with Gasteiger partial charge in [-0.1, -0.05) is 19.1 Å². The SMILES string of the molecule is CCC(c1ccc(F)cc1)N1CCC(C(=O)NCc2ccco2)CC1. The van der Waals surface area contributed by atoms with Crippen molar-refractivity contribution >= 4 is 5.91 Å². The molecule has 0 spiro atoms. The minimum Gasteiger partial charge on any atom is -0.467 e. The van der Waals surface area contributed by atoms with Crippen molar-refractivity contribution in [2.75, 3.05) is 13.1 Å². The van der Waals surface area contributed by atoms with Crippen LogP contribution in [0, 0.1) is 11.7 Å². The number of piperidine rings is 1. The Balaban J connectivity index is 1.51. The molecule has 1 aliphatic rings. The molecule has 1 unspecified atom stereocenters. The molecular weight excluding hydrogens is 319 g/mol. The third-order valence-corrected chi connectivity index (χ3v) is 5.00. The van der Waals surface area contributed by atoms with E-state index in [0.717, 1.165) is 43.7 Å². The lowest BCUT2D eigenvalue weighted by Gasteiger charge is -2.37. The highest BCUT2D eigenvalue weighted by Gasteiger charge is 2.28. The molecule has 0 radical (unpaired) electrons. The second-order valence-corrected chi connectivity index (χ2v) is 6.58. The van der Waals surface area contributed by atoms with Gasteiger partial charge in [-0.2, -0.15) is 0 Å². The van der Waals surface area contributed by atoms with Crippen molar-refractivity contribution in [3.8, 4) is 0 Å². The maximum absolute atomic E-state index is 13.1. The van der Waals surface area contributed by atoms with Crippen molar-refractivity contribution in [2.24, 2.45) is 5.92 Å². The van der Waals surface area contributed by atoms with E-state index in [-0.39, 0.29) is 23.7 Å². The summed E-state index contributed by atoms with van der Waals surface area (Å²) in [7, 11) is 0. The predicted molar refractivity (Wildman–Crippen MR) is 94.3 cm³/mol. The molecule has 1 N–H and O–H groups in total. The molecule has 2 aromatic rings. The summed E-state index contributed by atoms with van der Waals surface area (Å²) >= 11 is 0. The number of halogens is 1. The molecule has 134 valence electrons. The van der Waals surface area contributed by atoms with Crippen LogP contribution in [-0.2, 0) is 11.3 Å². The van der Waals surface area contributed by atoms with E-state index < -0.39 is 0 Å². The van der Waals surface area contributed by atoms with E-state index in [1.807, 2.05) is 24.3 Å². The zero-order chi connectivity index (χ0) is 17.6. The van der Waals surface area contributed by atoms with Gasteiger partial charge in [0.15, 0.2) is 0 Å². The molecule has 2 heterocycles. The van der Waals surface area contributed by atoms with E-state index in [1.54, 1.807) is 6.26 Å². The third kappa shape index (κ3) is 4.48. The largest absolute Gasteiger partial charge is 0.467 e. The Bertz CT molecular complexity index is 662. The number of furan rings is 1. The van der Waals surface area contributed by atoms with E-state index in [9.17, 15) is 9.18 Å². The minimum atomic E-state index is -0.203. The van der Waals surface area contributed by atoms with Crippen LogP contribution in [0.3, 0.4) is 0 Å². The number of rotatable bonds is 6. The number of amides is 1. The predicted octanol–water partition coefficient (Wildman–Crippen LogP) is 3.90. The Morgan fingerprint density at radius 2 is 2.00 bits per heavy atom. The van der Waals surface area contributed by atoms with Crippen LogP contribution >= 0.6 is 0 Å². The van der Waals surface area contributed by atoms with Gasteiger partial charge in [-0.3, -0.25) is 9.69 Å². The van der Waals surface area contributed by atoms with E-state index >= 15 is 0 Å². The molecule has 0 saturated carbocycles. The Labute approximate surface area is 148 Å². The van der Waals surface area contributed by atoms with Crippen molar-refractivity contribution in [2.45, 2.75) is 38.8 Å². The van der Waals surface area contributed by atoms with Crippen LogP contribution in [0.25, 0.3) is 0 Å². The molecule has 25 heavy (non-hydrogen) atoms. The van der Waals surface area contributed by atoms with Gasteiger partial charge in [0.25, 0.3) is 0 Å². The highest BCUT2D eigenvalue weighted by molar-refractivity contribution is 5.78. The average Bonchev–Trinajstić information content (AvgIpc) is 3.16. The average molecular weight is 344 g/mol. The molecule has 1 atom stereocenters. The van der Waals surface area contributed by atoms with Gasteiger partial charge >= 0.3 is 0 Å². The second-order valence-electron chi connectivity index (χ2n) is 6.58. The van der Waals surface area contributed by atoms with Crippen molar-refractivity contribution in [1.29, 1.82) is 0 Å². The molecule has 1 aromatic carbocycles. The molecule has 1 fully saturated rings. The van der Waals surface area contributed by atoms with Gasteiger partial charge in [0.1, 0.15) is 11.6 Å². The monoisotopic (exact) mass is 344 g/mol. The summed E-state index contributed by atoms with van der Waals surface area (Å²) in [6, 6.07) is 10.7. The second kappa shape index (κ2) is 8.30. The summed E-state index contributed by atoms with van der Waals surface area (Å²) < 4.78 is 18.4. The lowest BCUT2D eigenvalue weighted by atomic mass is 9.92. The number of nitrogens with one attached hydrogen (secondary N) is 1. The van der Waals surface area contributed by atoms with Crippen LogP contribution in [0.2, 0.25) is 0 Å². The van der Waals surface area contributed by atoms with Crippen LogP contribution in [0.15, 0.2) is 47.1 Å². The molecule has 4 nitrogen and oxygen atoms in total. The number of carbonyl (C=O) groups is 1. The minimum absolute atomic E-state index is 0.0527. The lowest BCUT2D eigenvalue weighted by Crippen LogP contribution is -2.41. The van der Waals surface area contributed by atoms with E-state index in [1.165, 1.54) is 12.1 Å². The van der Waals surface area contributed by atoms with Gasteiger partial charge in [0.2, 0.25) is 5.91 Å². The van der Waals surface area contributed by atoms with Gasteiger partial charge in [-0.15, -0.1) is 0 Å². The fourth-order valence-corrected chi connectivity index (χ4v) is 3.59. The van der Waals surface area contributed by atoms with Crippen LogP contribution < -0.4 is 5.32 Å². The van der Waals surface area contributed by atoms with Crippen LogP contribution in [0.4, 0.5) is 4.39 Å².